The van der Waals surface area contributed by atoms with Crippen molar-refractivity contribution >= 4 is 47.5 Å². The average molecular weight is 1300 g/mol. The van der Waals surface area contributed by atoms with Crippen molar-refractivity contribution in [2.24, 2.45) is 34.8 Å². The zero-order valence-electron chi connectivity index (χ0n) is 55.9. The van der Waals surface area contributed by atoms with Crippen LogP contribution in [0.15, 0.2) is 142 Å². The lowest BCUT2D eigenvalue weighted by molar-refractivity contribution is -0.144. The average Bonchev–Trinajstić information content (AvgIpc) is 1.50. The molecular weight excluding hydrogens is 1200 g/mol. The van der Waals surface area contributed by atoms with E-state index >= 15 is 0 Å². The molecule has 22 heteroatoms. The third-order valence-electron chi connectivity index (χ3n) is 18.7. The first-order chi connectivity index (χ1) is 45.4. The van der Waals surface area contributed by atoms with E-state index in [0.717, 1.165) is 83.5 Å². The van der Waals surface area contributed by atoms with Crippen LogP contribution in [0.5, 0.6) is 0 Å². The molecule has 512 valence electrons. The number of hydrogen-bond acceptors (Lipinski definition) is 18. The minimum absolute atomic E-state index is 0.117. The fraction of sp³-hybridized carbons (Fsp3) is 0.556. The van der Waals surface area contributed by atoms with Gasteiger partial charge >= 0.3 is 24.4 Å². The van der Waals surface area contributed by atoms with Gasteiger partial charge in [-0.3, -0.25) is 29.0 Å². The Morgan fingerprint density at radius 3 is 1.17 bits per heavy atom. The Balaban J connectivity index is 0.000000267. The molecule has 0 unspecified atom stereocenters. The molecule has 4 saturated heterocycles. The maximum Gasteiger partial charge on any atom is 0.410 e. The topological polar surface area (TPSA) is 309 Å². The highest BCUT2D eigenvalue weighted by Crippen LogP contribution is 2.61. The quantitative estimate of drug-likeness (QED) is 0.0149. The molecule has 6 aliphatic heterocycles. The van der Waals surface area contributed by atoms with E-state index < -0.39 is 71.3 Å². The SMILES string of the molecule is CC/C=C\C/C=C\C/C=C\C/C=C\C/C=C\C/C=C\CCCOC(=O)N1[C@H]2[C@@H]1CN1C3=C(C(=O)C(N)=C(C)C3=O)[C@@H](COC(N)=O)[C@@]21OC.CCCCC/C=C\C/C=C\CCCCCCCCOC(=O)N1[C@H]2[C@@H]1CN1C3=C(C(=O)C(N)=C(C)C3=O)[C@@H](COC(N)=O)[C@@]21OC. The van der Waals surface area contributed by atoms with Crippen LogP contribution in [0.2, 0.25) is 0 Å². The number of ether oxygens (including phenoxy) is 6. The molecule has 8 aliphatic rings. The van der Waals surface area contributed by atoms with Crippen LogP contribution in [0.1, 0.15) is 156 Å². The first-order valence-electron chi connectivity index (χ1n) is 33.6. The van der Waals surface area contributed by atoms with Crippen LogP contribution in [0.4, 0.5) is 19.2 Å². The largest absolute Gasteiger partial charge is 0.449 e. The summed E-state index contributed by atoms with van der Waals surface area (Å²) in [6.07, 6.45) is 52.7. The van der Waals surface area contributed by atoms with Crippen molar-refractivity contribution in [3.8, 4) is 0 Å². The predicted octanol–water partition coefficient (Wildman–Crippen LogP) is 10.7. The molecule has 0 saturated carbocycles. The molecule has 4 fully saturated rings. The van der Waals surface area contributed by atoms with Gasteiger partial charge in [0.1, 0.15) is 25.3 Å². The summed E-state index contributed by atoms with van der Waals surface area (Å²) < 4.78 is 33.5. The lowest BCUT2D eigenvalue weighted by Crippen LogP contribution is -2.56. The second-order valence-corrected chi connectivity index (χ2v) is 24.6. The first kappa shape index (κ1) is 73.2. The number of carbonyl (C=O) groups is 8. The summed E-state index contributed by atoms with van der Waals surface area (Å²) in [6, 6.07) is -1.60. The minimum atomic E-state index is -1.31. The number of nitrogens with zero attached hydrogens (tertiary/aromatic N) is 4. The molecule has 0 radical (unpaired) electrons. The van der Waals surface area contributed by atoms with E-state index in [2.05, 4.69) is 111 Å². The maximum atomic E-state index is 13.3. The van der Waals surface area contributed by atoms with E-state index in [9.17, 15) is 38.4 Å². The molecule has 0 aromatic heterocycles. The van der Waals surface area contributed by atoms with Crippen molar-refractivity contribution < 1.29 is 66.8 Å². The van der Waals surface area contributed by atoms with Crippen LogP contribution in [-0.4, -0.2) is 156 Å². The number of Topliss-reactive ketones (excluding diaryl/α,β-unsaturated/α-hetero) is 4. The van der Waals surface area contributed by atoms with Crippen molar-refractivity contribution in [2.45, 2.75) is 192 Å². The number of methoxy groups -OCH3 is 2. The molecule has 22 nitrogen and oxygen atoms in total. The fourth-order valence-electron chi connectivity index (χ4n) is 13.9. The normalized spacial score (nSPS) is 25.2. The van der Waals surface area contributed by atoms with Crippen molar-refractivity contribution in [3.63, 3.8) is 0 Å². The second kappa shape index (κ2) is 35.3. The number of primary amides is 2. The van der Waals surface area contributed by atoms with E-state index in [1.54, 1.807) is 19.6 Å². The molecule has 0 aromatic carbocycles. The Morgan fingerprint density at radius 2 is 0.798 bits per heavy atom. The maximum absolute atomic E-state index is 13.3. The van der Waals surface area contributed by atoms with Crippen LogP contribution in [0.25, 0.3) is 0 Å². The summed E-state index contributed by atoms with van der Waals surface area (Å²) in [5.41, 5.74) is 20.5. The number of piperazine rings is 2. The Morgan fingerprint density at radius 1 is 0.457 bits per heavy atom. The van der Waals surface area contributed by atoms with Crippen LogP contribution in [0, 0.1) is 11.8 Å². The molecular formula is C72H100N8O14. The van der Waals surface area contributed by atoms with Gasteiger partial charge in [-0.15, -0.1) is 0 Å². The van der Waals surface area contributed by atoms with Crippen molar-refractivity contribution in [1.29, 1.82) is 0 Å². The van der Waals surface area contributed by atoms with Crippen LogP contribution >= 0.6 is 0 Å². The molecule has 8 atom stereocenters. The molecule has 8 rings (SSSR count). The monoisotopic (exact) mass is 1300 g/mol. The van der Waals surface area contributed by atoms with Crippen LogP contribution in [0.3, 0.4) is 0 Å². The Labute approximate surface area is 554 Å². The van der Waals surface area contributed by atoms with E-state index in [1.165, 1.54) is 66.6 Å². The number of nitrogens with two attached hydrogens (primary N) is 4. The molecule has 8 N–H and O–H groups in total. The molecule has 6 heterocycles. The standard InChI is InChI=1S/C38H50N4O7.C34H50N4O7/c1-4-5-6-7-8-9-10-11-12-13-14-15-16-17-18-19-20-21-22-23-24-48-37(46)42-29-25-41-32-30(34(44)31(39)27(2)33(32)43)28(26-49-36(40)45)38(41,47-3)35(29)42;1-4-5-6-7-8-9-10-11-12-13-14-15-16-17-18-19-20-44-33(42)38-25-21-37-28-26(30(40)27(35)23(2)29(28)39)24(22-45-32(36)41)34(37,43-3)31(25)38/h5-6,8-9,11-12,14-15,17-18,20-21,28-29,35H,4,7,10,13,16,19,22-26,39H2,1-3H3,(H2,40,45);8-9,11-12,24-25,31H,4-7,10,13-22,35H2,1-3H3,(H2,36,41)/b6-5-,9-8-,12-11-,15-14-,18-17-,21-20-;9-8-,12-11-/t28-,29+,35+,38-,42?;24-,25+,31+,34-,38?/m11/s1. The smallest absolute Gasteiger partial charge is 0.410 e. The highest BCUT2D eigenvalue weighted by Gasteiger charge is 2.79. The summed E-state index contributed by atoms with van der Waals surface area (Å²) in [4.78, 5) is 109. The third-order valence-corrected chi connectivity index (χ3v) is 18.7. The number of carbonyl (C=O) groups excluding carboxylic acids is 8. The molecule has 0 spiro atoms. The first-order valence-corrected chi connectivity index (χ1v) is 33.6. The number of hydrogen-bond donors (Lipinski definition) is 4. The summed E-state index contributed by atoms with van der Waals surface area (Å²) in [7, 11) is 2.90. The third kappa shape index (κ3) is 16.6. The van der Waals surface area contributed by atoms with Gasteiger partial charge in [0, 0.05) is 49.6 Å². The summed E-state index contributed by atoms with van der Waals surface area (Å²) in [5.74, 6) is -3.54. The number of fused-ring (bicyclic) bond motifs is 8. The van der Waals surface area contributed by atoms with Gasteiger partial charge in [-0.25, -0.2) is 19.2 Å². The Hall–Kier alpha value is -8.24. The summed E-state index contributed by atoms with van der Waals surface area (Å²) >= 11 is 0. The van der Waals surface area contributed by atoms with Gasteiger partial charge in [-0.1, -0.05) is 150 Å². The molecule has 0 bridgehead atoms. The van der Waals surface area contributed by atoms with Gasteiger partial charge in [0.05, 0.1) is 59.9 Å². The lowest BCUT2D eigenvalue weighted by atomic mass is 9.82. The Bertz CT molecular complexity index is 3170. The van der Waals surface area contributed by atoms with E-state index in [-0.39, 0.29) is 102 Å². The molecule has 0 aromatic rings. The van der Waals surface area contributed by atoms with Gasteiger partial charge in [0.2, 0.25) is 23.1 Å². The second-order valence-electron chi connectivity index (χ2n) is 24.6. The number of allylic oxidation sites excluding steroid dienone is 20. The van der Waals surface area contributed by atoms with Crippen molar-refractivity contribution in [3.05, 3.63) is 142 Å². The minimum Gasteiger partial charge on any atom is -0.449 e. The fourth-order valence-corrected chi connectivity index (χ4v) is 13.9. The van der Waals surface area contributed by atoms with E-state index in [0.29, 0.717) is 13.0 Å². The van der Waals surface area contributed by atoms with Gasteiger partial charge in [-0.2, -0.15) is 0 Å². The van der Waals surface area contributed by atoms with Crippen molar-refractivity contribution in [2.75, 3.05) is 53.7 Å². The highest BCUT2D eigenvalue weighted by molar-refractivity contribution is 6.26. The number of amides is 4. The molecule has 2 aliphatic carbocycles. The molecule has 4 amide bonds. The van der Waals surface area contributed by atoms with E-state index in [4.69, 9.17) is 51.4 Å². The van der Waals surface area contributed by atoms with Crippen LogP contribution < -0.4 is 22.9 Å². The number of ketones is 4. The van der Waals surface area contributed by atoms with E-state index in [1.807, 2.05) is 0 Å². The van der Waals surface area contributed by atoms with Gasteiger partial charge in [0.25, 0.3) is 0 Å². The molecule has 94 heavy (non-hydrogen) atoms. The van der Waals surface area contributed by atoms with Gasteiger partial charge < -0.3 is 61.2 Å². The van der Waals surface area contributed by atoms with Crippen LogP contribution in [-0.2, 0) is 47.6 Å². The Kier molecular flexibility index (Phi) is 27.5. The van der Waals surface area contributed by atoms with Gasteiger partial charge in [-0.05, 0) is 104 Å². The lowest BCUT2D eigenvalue weighted by Gasteiger charge is -2.40. The number of rotatable bonds is 36. The van der Waals surface area contributed by atoms with Gasteiger partial charge in [0.15, 0.2) is 11.4 Å². The predicted molar refractivity (Wildman–Crippen MR) is 357 cm³/mol. The summed E-state index contributed by atoms with van der Waals surface area (Å²) in [6.45, 7) is 7.84. The summed E-state index contributed by atoms with van der Waals surface area (Å²) in [5, 5.41) is 0. The van der Waals surface area contributed by atoms with Crippen molar-refractivity contribution in [1.82, 2.24) is 19.6 Å². The number of unbranched alkanes of at least 4 members (excludes halogenated alkanes) is 10. The zero-order chi connectivity index (χ0) is 68.0. The highest BCUT2D eigenvalue weighted by atomic mass is 16.6. The zero-order valence-corrected chi connectivity index (χ0v) is 55.9.